The van der Waals surface area contributed by atoms with Crippen molar-refractivity contribution in [2.45, 2.75) is 20.1 Å². The molecule has 7 heteroatoms. The Labute approximate surface area is 123 Å². The molecular formula is C14H19N3O4. The van der Waals surface area contributed by atoms with Gasteiger partial charge in [0.1, 0.15) is 5.69 Å². The van der Waals surface area contributed by atoms with E-state index >= 15 is 0 Å². The second-order valence-corrected chi connectivity index (χ2v) is 4.27. The van der Waals surface area contributed by atoms with Gasteiger partial charge in [0.25, 0.3) is 0 Å². The lowest BCUT2D eigenvalue weighted by Crippen LogP contribution is -2.02. The number of rotatable bonds is 6. The lowest BCUT2D eigenvalue weighted by Gasteiger charge is -2.14. The number of methoxy groups -OCH3 is 3. The van der Waals surface area contributed by atoms with Crippen molar-refractivity contribution in [3.8, 4) is 28.5 Å². The molecule has 0 atom stereocenters. The van der Waals surface area contributed by atoms with Crippen molar-refractivity contribution in [2.24, 2.45) is 0 Å². The van der Waals surface area contributed by atoms with Gasteiger partial charge in [-0.2, -0.15) is 0 Å². The van der Waals surface area contributed by atoms with Gasteiger partial charge in [0, 0.05) is 12.1 Å². The standard InChI is InChI=1S/C14H19N3O4/c1-5-17-13(10(8-18)15-16-17)9-6-11(19-2)14(21-4)12(7-9)20-3/h6-7,18H,5,8H2,1-4H3. The van der Waals surface area contributed by atoms with Crippen LogP contribution in [-0.2, 0) is 13.2 Å². The van der Waals surface area contributed by atoms with E-state index in [-0.39, 0.29) is 6.61 Å². The highest BCUT2D eigenvalue weighted by Gasteiger charge is 2.19. The monoisotopic (exact) mass is 293 g/mol. The molecule has 2 aromatic rings. The third kappa shape index (κ3) is 2.64. The number of benzene rings is 1. The molecule has 2 rings (SSSR count). The average Bonchev–Trinajstić information content (AvgIpc) is 2.96. The quantitative estimate of drug-likeness (QED) is 0.869. The Kier molecular flexibility index (Phi) is 4.64. The molecule has 0 aliphatic rings. The zero-order valence-electron chi connectivity index (χ0n) is 12.6. The molecule has 1 N–H and O–H groups in total. The zero-order chi connectivity index (χ0) is 15.4. The van der Waals surface area contributed by atoms with Crippen LogP contribution < -0.4 is 14.2 Å². The summed E-state index contributed by atoms with van der Waals surface area (Å²) in [5, 5.41) is 17.5. The van der Waals surface area contributed by atoms with E-state index in [2.05, 4.69) is 10.3 Å². The van der Waals surface area contributed by atoms with Crippen molar-refractivity contribution in [3.05, 3.63) is 17.8 Å². The maximum atomic E-state index is 9.44. The van der Waals surface area contributed by atoms with Crippen LogP contribution in [0.1, 0.15) is 12.6 Å². The Morgan fingerprint density at radius 2 is 1.71 bits per heavy atom. The van der Waals surface area contributed by atoms with E-state index in [9.17, 15) is 5.11 Å². The Hall–Kier alpha value is -2.28. The first-order valence-corrected chi connectivity index (χ1v) is 6.53. The van der Waals surface area contributed by atoms with Crippen molar-refractivity contribution in [2.75, 3.05) is 21.3 Å². The van der Waals surface area contributed by atoms with E-state index in [1.54, 1.807) is 26.0 Å². The number of aryl methyl sites for hydroxylation is 1. The van der Waals surface area contributed by atoms with Crippen LogP contribution in [0.3, 0.4) is 0 Å². The summed E-state index contributed by atoms with van der Waals surface area (Å²) in [5.74, 6) is 1.60. The van der Waals surface area contributed by atoms with Gasteiger partial charge in [-0.25, -0.2) is 4.68 Å². The zero-order valence-corrected chi connectivity index (χ0v) is 12.6. The van der Waals surface area contributed by atoms with E-state index < -0.39 is 0 Å². The minimum Gasteiger partial charge on any atom is -0.493 e. The molecule has 7 nitrogen and oxygen atoms in total. The van der Waals surface area contributed by atoms with Gasteiger partial charge in [0.05, 0.1) is 33.6 Å². The molecule has 0 fully saturated rings. The number of ether oxygens (including phenoxy) is 3. The van der Waals surface area contributed by atoms with Crippen LogP contribution in [0.2, 0.25) is 0 Å². The molecule has 1 aromatic carbocycles. The fraction of sp³-hybridized carbons (Fsp3) is 0.429. The highest BCUT2D eigenvalue weighted by atomic mass is 16.5. The SMILES string of the molecule is CCn1nnc(CO)c1-c1cc(OC)c(OC)c(OC)c1. The lowest BCUT2D eigenvalue weighted by atomic mass is 10.1. The van der Waals surface area contributed by atoms with E-state index in [1.807, 2.05) is 19.1 Å². The first kappa shape index (κ1) is 15.1. The summed E-state index contributed by atoms with van der Waals surface area (Å²) < 4.78 is 17.7. The third-order valence-electron chi connectivity index (χ3n) is 3.19. The molecule has 0 bridgehead atoms. The van der Waals surface area contributed by atoms with Gasteiger partial charge in [-0.05, 0) is 19.1 Å². The van der Waals surface area contributed by atoms with Crippen LogP contribution in [-0.4, -0.2) is 41.4 Å². The van der Waals surface area contributed by atoms with Crippen LogP contribution in [0, 0.1) is 0 Å². The Morgan fingerprint density at radius 1 is 1.10 bits per heavy atom. The normalized spacial score (nSPS) is 10.5. The van der Waals surface area contributed by atoms with Crippen molar-refractivity contribution in [1.29, 1.82) is 0 Å². The third-order valence-corrected chi connectivity index (χ3v) is 3.19. The van der Waals surface area contributed by atoms with Crippen molar-refractivity contribution >= 4 is 0 Å². The molecule has 0 aliphatic heterocycles. The lowest BCUT2D eigenvalue weighted by molar-refractivity contribution is 0.277. The molecule has 0 saturated carbocycles. The minimum atomic E-state index is -0.188. The summed E-state index contributed by atoms with van der Waals surface area (Å²) in [6.45, 7) is 2.41. The van der Waals surface area contributed by atoms with E-state index in [0.29, 0.717) is 29.5 Å². The molecule has 0 amide bonds. The average molecular weight is 293 g/mol. The molecule has 0 unspecified atom stereocenters. The number of aliphatic hydroxyl groups is 1. The molecule has 21 heavy (non-hydrogen) atoms. The predicted octanol–water partition coefficient (Wildman–Crippen LogP) is 1.48. The number of hydrogen-bond donors (Lipinski definition) is 1. The molecule has 0 spiro atoms. The molecule has 0 aliphatic carbocycles. The minimum absolute atomic E-state index is 0.188. The molecule has 0 radical (unpaired) electrons. The molecule has 1 aromatic heterocycles. The van der Waals surface area contributed by atoms with Crippen LogP contribution in [0.25, 0.3) is 11.3 Å². The summed E-state index contributed by atoms with van der Waals surface area (Å²) in [7, 11) is 4.67. The van der Waals surface area contributed by atoms with Crippen LogP contribution in [0.15, 0.2) is 12.1 Å². The largest absolute Gasteiger partial charge is 0.493 e. The summed E-state index contributed by atoms with van der Waals surface area (Å²) in [5.41, 5.74) is 2.03. The van der Waals surface area contributed by atoms with Gasteiger partial charge in [0.2, 0.25) is 5.75 Å². The van der Waals surface area contributed by atoms with E-state index in [1.165, 1.54) is 0 Å². The second-order valence-electron chi connectivity index (χ2n) is 4.27. The van der Waals surface area contributed by atoms with Crippen LogP contribution >= 0.6 is 0 Å². The Morgan fingerprint density at radius 3 is 2.14 bits per heavy atom. The first-order valence-electron chi connectivity index (χ1n) is 6.53. The second kappa shape index (κ2) is 6.45. The van der Waals surface area contributed by atoms with E-state index in [4.69, 9.17) is 14.2 Å². The Bertz CT molecular complexity index is 578. The van der Waals surface area contributed by atoms with Gasteiger partial charge in [-0.15, -0.1) is 5.10 Å². The predicted molar refractivity (Wildman–Crippen MR) is 76.7 cm³/mol. The number of aliphatic hydroxyl groups excluding tert-OH is 1. The highest BCUT2D eigenvalue weighted by molar-refractivity contribution is 5.70. The fourth-order valence-corrected chi connectivity index (χ4v) is 2.21. The Balaban J connectivity index is 2.67. The molecule has 1 heterocycles. The molecule has 114 valence electrons. The number of hydrogen-bond acceptors (Lipinski definition) is 6. The summed E-state index contributed by atoms with van der Waals surface area (Å²) in [4.78, 5) is 0. The molecule has 0 saturated heterocycles. The number of aromatic nitrogens is 3. The van der Waals surface area contributed by atoms with Gasteiger partial charge in [-0.1, -0.05) is 5.21 Å². The highest BCUT2D eigenvalue weighted by Crippen LogP contribution is 2.41. The van der Waals surface area contributed by atoms with Gasteiger partial charge in [-0.3, -0.25) is 0 Å². The van der Waals surface area contributed by atoms with Gasteiger partial charge >= 0.3 is 0 Å². The molecular weight excluding hydrogens is 274 g/mol. The smallest absolute Gasteiger partial charge is 0.203 e. The fourth-order valence-electron chi connectivity index (χ4n) is 2.21. The van der Waals surface area contributed by atoms with Gasteiger partial charge in [0.15, 0.2) is 11.5 Å². The van der Waals surface area contributed by atoms with Crippen LogP contribution in [0.5, 0.6) is 17.2 Å². The number of nitrogens with zero attached hydrogens (tertiary/aromatic N) is 3. The van der Waals surface area contributed by atoms with Crippen LogP contribution in [0.4, 0.5) is 0 Å². The first-order chi connectivity index (χ1) is 10.2. The maximum Gasteiger partial charge on any atom is 0.203 e. The summed E-state index contributed by atoms with van der Waals surface area (Å²) >= 11 is 0. The summed E-state index contributed by atoms with van der Waals surface area (Å²) in [6, 6.07) is 3.62. The summed E-state index contributed by atoms with van der Waals surface area (Å²) in [6.07, 6.45) is 0. The van der Waals surface area contributed by atoms with E-state index in [0.717, 1.165) is 11.3 Å². The van der Waals surface area contributed by atoms with Crippen molar-refractivity contribution in [3.63, 3.8) is 0 Å². The van der Waals surface area contributed by atoms with Crippen molar-refractivity contribution < 1.29 is 19.3 Å². The van der Waals surface area contributed by atoms with Crippen molar-refractivity contribution in [1.82, 2.24) is 15.0 Å². The van der Waals surface area contributed by atoms with Gasteiger partial charge < -0.3 is 19.3 Å². The maximum absolute atomic E-state index is 9.44. The topological polar surface area (TPSA) is 78.6 Å².